The summed E-state index contributed by atoms with van der Waals surface area (Å²) in [4.78, 5) is 14.8. The maximum absolute atomic E-state index is 10.7. The Balaban J connectivity index is 2.20. The Hall–Kier alpha value is -2.10. The number of nitrogens with zero attached hydrogens (tertiary/aromatic N) is 2. The highest BCUT2D eigenvalue weighted by molar-refractivity contribution is 5.67. The van der Waals surface area contributed by atoms with Gasteiger partial charge in [-0.05, 0) is 24.0 Å². The van der Waals surface area contributed by atoms with Crippen molar-refractivity contribution in [1.82, 2.24) is 9.55 Å². The molecule has 1 unspecified atom stereocenters. The molecule has 0 aliphatic rings. The van der Waals surface area contributed by atoms with Gasteiger partial charge in [-0.2, -0.15) is 0 Å². The third-order valence-corrected chi connectivity index (χ3v) is 3.41. The molecule has 1 aromatic carbocycles. The molecule has 1 atom stereocenters. The zero-order valence-electron chi connectivity index (χ0n) is 11.7. The zero-order valence-corrected chi connectivity index (χ0v) is 11.7. The topological polar surface area (TPSA) is 55.1 Å². The summed E-state index contributed by atoms with van der Waals surface area (Å²) in [6.45, 7) is 2.16. The number of imidazole rings is 1. The van der Waals surface area contributed by atoms with Crippen molar-refractivity contribution in [2.24, 2.45) is 0 Å². The first kappa shape index (κ1) is 14.3. The highest BCUT2D eigenvalue weighted by Gasteiger charge is 2.12. The van der Waals surface area contributed by atoms with Gasteiger partial charge in [-0.25, -0.2) is 4.98 Å². The van der Waals surface area contributed by atoms with Gasteiger partial charge in [0.25, 0.3) is 0 Å². The van der Waals surface area contributed by atoms with Crippen LogP contribution in [0.4, 0.5) is 0 Å². The van der Waals surface area contributed by atoms with Gasteiger partial charge in [-0.15, -0.1) is 0 Å². The van der Waals surface area contributed by atoms with Gasteiger partial charge < -0.3 is 9.67 Å². The standard InChI is InChI=1S/C16H20N2O2/c1-2-4-15(18-10-9-17-12-18)14-6-3-5-13(11-14)7-8-16(19)20/h3,5-6,9-12,15H,2,4,7-8H2,1H3,(H,19,20). The summed E-state index contributed by atoms with van der Waals surface area (Å²) in [5.74, 6) is -0.755. The molecule has 0 radical (unpaired) electrons. The largest absolute Gasteiger partial charge is 0.481 e. The van der Waals surface area contributed by atoms with E-state index in [0.717, 1.165) is 18.4 Å². The van der Waals surface area contributed by atoms with Crippen LogP contribution in [-0.2, 0) is 11.2 Å². The molecule has 0 aliphatic heterocycles. The third-order valence-electron chi connectivity index (χ3n) is 3.41. The maximum Gasteiger partial charge on any atom is 0.303 e. The molecule has 106 valence electrons. The smallest absolute Gasteiger partial charge is 0.303 e. The van der Waals surface area contributed by atoms with Crippen LogP contribution in [0.25, 0.3) is 0 Å². The summed E-state index contributed by atoms with van der Waals surface area (Å²) >= 11 is 0. The number of rotatable bonds is 7. The molecule has 2 aromatic rings. The van der Waals surface area contributed by atoms with Gasteiger partial charge >= 0.3 is 5.97 Å². The van der Waals surface area contributed by atoms with Gasteiger partial charge in [-0.1, -0.05) is 37.6 Å². The monoisotopic (exact) mass is 272 g/mol. The van der Waals surface area contributed by atoms with Crippen molar-refractivity contribution in [3.05, 3.63) is 54.1 Å². The van der Waals surface area contributed by atoms with E-state index in [1.54, 1.807) is 6.20 Å². The van der Waals surface area contributed by atoms with E-state index in [9.17, 15) is 4.79 Å². The summed E-state index contributed by atoms with van der Waals surface area (Å²) in [5, 5.41) is 8.78. The molecule has 0 saturated carbocycles. The van der Waals surface area contributed by atoms with Crippen molar-refractivity contribution < 1.29 is 9.90 Å². The minimum Gasteiger partial charge on any atom is -0.481 e. The normalized spacial score (nSPS) is 12.2. The van der Waals surface area contributed by atoms with E-state index in [-0.39, 0.29) is 12.5 Å². The van der Waals surface area contributed by atoms with Crippen molar-refractivity contribution in [2.45, 2.75) is 38.6 Å². The highest BCUT2D eigenvalue weighted by Crippen LogP contribution is 2.24. The van der Waals surface area contributed by atoms with E-state index >= 15 is 0 Å². The molecular formula is C16H20N2O2. The number of aryl methyl sites for hydroxylation is 1. The number of aliphatic carboxylic acids is 1. The first-order valence-corrected chi connectivity index (χ1v) is 6.98. The molecule has 4 heteroatoms. The van der Waals surface area contributed by atoms with Crippen LogP contribution in [0.3, 0.4) is 0 Å². The van der Waals surface area contributed by atoms with Crippen LogP contribution >= 0.6 is 0 Å². The van der Waals surface area contributed by atoms with Crippen LogP contribution in [0, 0.1) is 0 Å². The predicted octanol–water partition coefficient (Wildman–Crippen LogP) is 3.29. The molecule has 0 spiro atoms. The van der Waals surface area contributed by atoms with E-state index in [1.807, 2.05) is 24.7 Å². The van der Waals surface area contributed by atoms with E-state index in [0.29, 0.717) is 6.42 Å². The molecule has 20 heavy (non-hydrogen) atoms. The second-order valence-electron chi connectivity index (χ2n) is 4.95. The number of carbonyl (C=O) groups is 1. The van der Waals surface area contributed by atoms with E-state index in [4.69, 9.17) is 5.11 Å². The number of hydrogen-bond acceptors (Lipinski definition) is 2. The molecule has 1 N–H and O–H groups in total. The van der Waals surface area contributed by atoms with Crippen LogP contribution in [0.15, 0.2) is 43.0 Å². The number of benzene rings is 1. The molecule has 0 aliphatic carbocycles. The van der Waals surface area contributed by atoms with Crippen molar-refractivity contribution in [1.29, 1.82) is 0 Å². The molecule has 2 rings (SSSR count). The second kappa shape index (κ2) is 6.89. The summed E-state index contributed by atoms with van der Waals surface area (Å²) in [6, 6.07) is 8.48. The summed E-state index contributed by atoms with van der Waals surface area (Å²) < 4.78 is 2.11. The Labute approximate surface area is 119 Å². The van der Waals surface area contributed by atoms with Gasteiger partial charge in [0.2, 0.25) is 0 Å². The molecule has 1 heterocycles. The Morgan fingerprint density at radius 1 is 1.45 bits per heavy atom. The van der Waals surface area contributed by atoms with E-state index in [2.05, 4.69) is 28.6 Å². The lowest BCUT2D eigenvalue weighted by atomic mass is 9.98. The van der Waals surface area contributed by atoms with Gasteiger partial charge in [0, 0.05) is 18.8 Å². The molecule has 4 nitrogen and oxygen atoms in total. The average molecular weight is 272 g/mol. The Morgan fingerprint density at radius 3 is 2.95 bits per heavy atom. The lowest BCUT2D eigenvalue weighted by molar-refractivity contribution is -0.136. The summed E-state index contributed by atoms with van der Waals surface area (Å²) in [6.07, 6.45) is 8.48. The van der Waals surface area contributed by atoms with Crippen LogP contribution in [-0.4, -0.2) is 20.6 Å². The first-order valence-electron chi connectivity index (χ1n) is 6.98. The van der Waals surface area contributed by atoms with Crippen molar-refractivity contribution in [3.63, 3.8) is 0 Å². The lowest BCUT2D eigenvalue weighted by Crippen LogP contribution is -2.09. The van der Waals surface area contributed by atoms with Crippen molar-refractivity contribution in [3.8, 4) is 0 Å². The van der Waals surface area contributed by atoms with E-state index in [1.165, 1.54) is 5.56 Å². The number of carboxylic acids is 1. The maximum atomic E-state index is 10.7. The zero-order chi connectivity index (χ0) is 14.4. The number of hydrogen-bond donors (Lipinski definition) is 1. The molecule has 0 amide bonds. The summed E-state index contributed by atoms with van der Waals surface area (Å²) in [5.41, 5.74) is 2.29. The lowest BCUT2D eigenvalue weighted by Gasteiger charge is -2.19. The number of carboxylic acid groups (broad SMARTS) is 1. The minimum absolute atomic E-state index is 0.174. The first-order chi connectivity index (χ1) is 9.70. The predicted molar refractivity (Wildman–Crippen MR) is 77.7 cm³/mol. The average Bonchev–Trinajstić information content (AvgIpc) is 2.96. The fourth-order valence-corrected chi connectivity index (χ4v) is 2.42. The molecule has 0 saturated heterocycles. The SMILES string of the molecule is CCCC(c1cccc(CCC(=O)O)c1)n1ccnc1. The van der Waals surface area contributed by atoms with Crippen molar-refractivity contribution >= 4 is 5.97 Å². The molecule has 0 fully saturated rings. The molecule has 0 bridgehead atoms. The Bertz CT molecular complexity index is 549. The van der Waals surface area contributed by atoms with Crippen LogP contribution in [0.1, 0.15) is 43.4 Å². The third kappa shape index (κ3) is 3.70. The van der Waals surface area contributed by atoms with Crippen LogP contribution in [0.5, 0.6) is 0 Å². The van der Waals surface area contributed by atoms with Gasteiger partial charge in [0.05, 0.1) is 12.4 Å². The Kier molecular flexibility index (Phi) is 4.93. The fraction of sp³-hybridized carbons (Fsp3) is 0.375. The molecular weight excluding hydrogens is 252 g/mol. The Morgan fingerprint density at radius 2 is 2.30 bits per heavy atom. The van der Waals surface area contributed by atoms with E-state index < -0.39 is 5.97 Å². The van der Waals surface area contributed by atoms with Crippen LogP contribution in [0.2, 0.25) is 0 Å². The second-order valence-corrected chi connectivity index (χ2v) is 4.95. The minimum atomic E-state index is -0.755. The number of aromatic nitrogens is 2. The highest BCUT2D eigenvalue weighted by atomic mass is 16.4. The van der Waals surface area contributed by atoms with Crippen molar-refractivity contribution in [2.75, 3.05) is 0 Å². The summed E-state index contributed by atoms with van der Waals surface area (Å²) in [7, 11) is 0. The van der Waals surface area contributed by atoms with Gasteiger partial charge in [0.1, 0.15) is 0 Å². The quantitative estimate of drug-likeness (QED) is 0.841. The fourth-order valence-electron chi connectivity index (χ4n) is 2.42. The van der Waals surface area contributed by atoms with Gasteiger partial charge in [-0.3, -0.25) is 4.79 Å². The van der Waals surface area contributed by atoms with Gasteiger partial charge in [0.15, 0.2) is 0 Å². The van der Waals surface area contributed by atoms with Crippen LogP contribution < -0.4 is 0 Å². The molecule has 1 aromatic heterocycles.